The third-order valence-electron chi connectivity index (χ3n) is 3.40. The minimum absolute atomic E-state index is 0.241. The minimum atomic E-state index is 0.241. The van der Waals surface area contributed by atoms with E-state index in [1.165, 1.54) is 0 Å². The van der Waals surface area contributed by atoms with E-state index in [1.807, 2.05) is 12.1 Å². The number of morpholine rings is 1. The molecule has 102 valence electrons. The fourth-order valence-electron chi connectivity index (χ4n) is 2.47. The second-order valence-electron chi connectivity index (χ2n) is 4.64. The lowest BCUT2D eigenvalue weighted by atomic mass is 10.3. The summed E-state index contributed by atoms with van der Waals surface area (Å²) in [4.78, 5) is 14.9. The second-order valence-corrected chi connectivity index (χ2v) is 4.64. The standard InChI is InChI=1S/C13H13N5O2/c14-13-16-9-8-2-1-3-15-12(8)20-10(9)11(17-13)18-4-6-19-7-5-18/h1-3H,4-7H2,(H2,14,16,17). The third kappa shape index (κ3) is 1.67. The number of nitrogens with two attached hydrogens (primary N) is 1. The van der Waals surface area contributed by atoms with Crippen molar-refractivity contribution >= 4 is 34.0 Å². The predicted molar refractivity (Wildman–Crippen MR) is 74.5 cm³/mol. The SMILES string of the molecule is Nc1nc(N2CCOCC2)c2oc3ncccc3c2n1. The smallest absolute Gasteiger partial charge is 0.229 e. The molecule has 0 saturated carbocycles. The number of pyridine rings is 1. The van der Waals surface area contributed by atoms with E-state index >= 15 is 0 Å². The van der Waals surface area contributed by atoms with Crippen LogP contribution in [0.1, 0.15) is 0 Å². The first-order valence-corrected chi connectivity index (χ1v) is 6.46. The van der Waals surface area contributed by atoms with Gasteiger partial charge in [0.25, 0.3) is 0 Å². The Kier molecular flexibility index (Phi) is 2.46. The molecule has 20 heavy (non-hydrogen) atoms. The zero-order valence-electron chi connectivity index (χ0n) is 10.7. The number of nitrogens with zero attached hydrogens (tertiary/aromatic N) is 4. The summed E-state index contributed by atoms with van der Waals surface area (Å²) >= 11 is 0. The zero-order valence-corrected chi connectivity index (χ0v) is 10.7. The molecule has 4 rings (SSSR count). The van der Waals surface area contributed by atoms with Gasteiger partial charge in [0.1, 0.15) is 5.52 Å². The van der Waals surface area contributed by atoms with Gasteiger partial charge in [-0.25, -0.2) is 9.97 Å². The van der Waals surface area contributed by atoms with Gasteiger partial charge < -0.3 is 19.8 Å². The molecule has 3 aromatic rings. The van der Waals surface area contributed by atoms with Crippen molar-refractivity contribution in [2.75, 3.05) is 36.9 Å². The van der Waals surface area contributed by atoms with Gasteiger partial charge in [-0.05, 0) is 12.1 Å². The van der Waals surface area contributed by atoms with E-state index in [9.17, 15) is 0 Å². The molecule has 0 atom stereocenters. The quantitative estimate of drug-likeness (QED) is 0.710. The van der Waals surface area contributed by atoms with Gasteiger partial charge in [0.2, 0.25) is 11.7 Å². The first-order valence-electron chi connectivity index (χ1n) is 6.46. The number of rotatable bonds is 1. The van der Waals surface area contributed by atoms with Crippen LogP contribution in [0.4, 0.5) is 11.8 Å². The third-order valence-corrected chi connectivity index (χ3v) is 3.40. The molecule has 0 aromatic carbocycles. The zero-order chi connectivity index (χ0) is 13.5. The van der Waals surface area contributed by atoms with Gasteiger partial charge in [-0.2, -0.15) is 4.98 Å². The van der Waals surface area contributed by atoms with E-state index < -0.39 is 0 Å². The molecule has 1 fully saturated rings. The van der Waals surface area contributed by atoms with Gasteiger partial charge >= 0.3 is 0 Å². The molecule has 1 saturated heterocycles. The Morgan fingerprint density at radius 1 is 1.20 bits per heavy atom. The van der Waals surface area contributed by atoms with Crippen LogP contribution in [0.5, 0.6) is 0 Å². The van der Waals surface area contributed by atoms with Crippen molar-refractivity contribution < 1.29 is 9.15 Å². The van der Waals surface area contributed by atoms with E-state index in [2.05, 4.69) is 19.9 Å². The molecule has 1 aliphatic heterocycles. The van der Waals surface area contributed by atoms with E-state index in [0.717, 1.165) is 18.5 Å². The maximum absolute atomic E-state index is 5.84. The maximum atomic E-state index is 5.84. The second kappa shape index (κ2) is 4.31. The molecule has 4 heterocycles. The predicted octanol–water partition coefficient (Wildman–Crippen LogP) is 1.19. The average molecular weight is 271 g/mol. The highest BCUT2D eigenvalue weighted by Crippen LogP contribution is 2.32. The number of hydrogen-bond donors (Lipinski definition) is 1. The lowest BCUT2D eigenvalue weighted by Crippen LogP contribution is -2.37. The summed E-state index contributed by atoms with van der Waals surface area (Å²) in [6.45, 7) is 2.86. The van der Waals surface area contributed by atoms with Crippen LogP contribution in [-0.2, 0) is 4.74 Å². The van der Waals surface area contributed by atoms with Crippen LogP contribution in [0, 0.1) is 0 Å². The van der Waals surface area contributed by atoms with Gasteiger partial charge in [0.15, 0.2) is 11.4 Å². The van der Waals surface area contributed by atoms with Crippen LogP contribution in [0.3, 0.4) is 0 Å². The first kappa shape index (κ1) is 11.4. The van der Waals surface area contributed by atoms with E-state index in [-0.39, 0.29) is 5.95 Å². The van der Waals surface area contributed by atoms with Crippen LogP contribution >= 0.6 is 0 Å². The lowest BCUT2D eigenvalue weighted by molar-refractivity contribution is 0.122. The number of aromatic nitrogens is 3. The van der Waals surface area contributed by atoms with Crippen molar-refractivity contribution in [2.24, 2.45) is 0 Å². The Morgan fingerprint density at radius 3 is 2.90 bits per heavy atom. The van der Waals surface area contributed by atoms with Crippen LogP contribution in [0.25, 0.3) is 22.2 Å². The molecule has 1 aliphatic rings. The Balaban J connectivity index is 1.99. The molecule has 0 spiro atoms. The molecule has 0 aliphatic carbocycles. The average Bonchev–Trinajstić information content (AvgIpc) is 2.86. The van der Waals surface area contributed by atoms with Crippen LogP contribution in [-0.4, -0.2) is 41.3 Å². The van der Waals surface area contributed by atoms with Gasteiger partial charge in [0, 0.05) is 19.3 Å². The van der Waals surface area contributed by atoms with Crippen LogP contribution in [0.2, 0.25) is 0 Å². The molecule has 7 heteroatoms. The Hall–Kier alpha value is -2.41. The van der Waals surface area contributed by atoms with Gasteiger partial charge in [-0.15, -0.1) is 0 Å². The molecule has 2 N–H and O–H groups in total. The van der Waals surface area contributed by atoms with Crippen molar-refractivity contribution in [1.82, 2.24) is 15.0 Å². The highest BCUT2D eigenvalue weighted by molar-refractivity contribution is 6.04. The highest BCUT2D eigenvalue weighted by Gasteiger charge is 2.21. The molecule has 0 radical (unpaired) electrons. The van der Waals surface area contributed by atoms with Gasteiger partial charge in [-0.3, -0.25) is 0 Å². The number of fused-ring (bicyclic) bond motifs is 3. The molecule has 0 amide bonds. The Bertz CT molecular complexity index is 779. The summed E-state index contributed by atoms with van der Waals surface area (Å²) in [5.74, 6) is 0.958. The number of ether oxygens (including phenoxy) is 1. The number of anilines is 2. The monoisotopic (exact) mass is 271 g/mol. The fraction of sp³-hybridized carbons (Fsp3) is 0.308. The summed E-state index contributed by atoms with van der Waals surface area (Å²) in [5.41, 5.74) is 7.74. The first-order chi connectivity index (χ1) is 9.83. The van der Waals surface area contributed by atoms with Crippen molar-refractivity contribution in [2.45, 2.75) is 0 Å². The van der Waals surface area contributed by atoms with E-state index in [0.29, 0.717) is 35.8 Å². The fourth-order valence-corrected chi connectivity index (χ4v) is 2.47. The largest absolute Gasteiger partial charge is 0.432 e. The highest BCUT2D eigenvalue weighted by atomic mass is 16.5. The van der Waals surface area contributed by atoms with E-state index in [4.69, 9.17) is 14.9 Å². The number of hydrogen-bond acceptors (Lipinski definition) is 7. The summed E-state index contributed by atoms with van der Waals surface area (Å²) in [5, 5.41) is 0.853. The van der Waals surface area contributed by atoms with Crippen LogP contribution in [0.15, 0.2) is 22.7 Å². The van der Waals surface area contributed by atoms with Crippen molar-refractivity contribution in [3.8, 4) is 0 Å². The molecule has 3 aromatic heterocycles. The molecule has 0 unspecified atom stereocenters. The Morgan fingerprint density at radius 2 is 2.05 bits per heavy atom. The minimum Gasteiger partial charge on any atom is -0.432 e. The lowest BCUT2D eigenvalue weighted by Gasteiger charge is -2.27. The molecule has 0 bridgehead atoms. The van der Waals surface area contributed by atoms with Crippen LogP contribution < -0.4 is 10.6 Å². The molecular formula is C13H13N5O2. The number of furan rings is 1. The summed E-state index contributed by atoms with van der Waals surface area (Å²) in [7, 11) is 0. The molecular weight excluding hydrogens is 258 g/mol. The summed E-state index contributed by atoms with van der Waals surface area (Å²) < 4.78 is 11.2. The van der Waals surface area contributed by atoms with Gasteiger partial charge in [0.05, 0.1) is 18.6 Å². The van der Waals surface area contributed by atoms with Gasteiger partial charge in [-0.1, -0.05) is 0 Å². The topological polar surface area (TPSA) is 90.3 Å². The maximum Gasteiger partial charge on any atom is 0.229 e. The Labute approximate surface area is 114 Å². The number of nitrogen functional groups attached to an aromatic ring is 1. The van der Waals surface area contributed by atoms with E-state index in [1.54, 1.807) is 6.20 Å². The molecule has 7 nitrogen and oxygen atoms in total. The van der Waals surface area contributed by atoms with Crippen molar-refractivity contribution in [3.63, 3.8) is 0 Å². The summed E-state index contributed by atoms with van der Waals surface area (Å²) in [6.07, 6.45) is 1.69. The van der Waals surface area contributed by atoms with Crippen molar-refractivity contribution in [3.05, 3.63) is 18.3 Å². The van der Waals surface area contributed by atoms with Crippen molar-refractivity contribution in [1.29, 1.82) is 0 Å². The normalized spacial score (nSPS) is 16.1. The summed E-state index contributed by atoms with van der Waals surface area (Å²) in [6, 6.07) is 3.77.